The summed E-state index contributed by atoms with van der Waals surface area (Å²) in [6, 6.07) is -0.277. The Hall–Kier alpha value is -1.30. The molecule has 6 nitrogen and oxygen atoms in total. The van der Waals surface area contributed by atoms with E-state index in [9.17, 15) is 14.7 Å². The predicted octanol–water partition coefficient (Wildman–Crippen LogP) is 1.45. The number of nitrogens with one attached hydrogen (secondary N) is 1. The van der Waals surface area contributed by atoms with Gasteiger partial charge in [-0.3, -0.25) is 0 Å². The molecule has 0 bridgehead atoms. The van der Waals surface area contributed by atoms with Gasteiger partial charge in [0.1, 0.15) is 5.54 Å². The lowest BCUT2D eigenvalue weighted by atomic mass is 9.76. The highest BCUT2D eigenvalue weighted by Crippen LogP contribution is 2.33. The highest BCUT2D eigenvalue weighted by atomic mass is 16.5. The highest BCUT2D eigenvalue weighted by molar-refractivity contribution is 5.86. The van der Waals surface area contributed by atoms with Crippen LogP contribution in [0, 0.1) is 5.92 Å². The Kier molecular flexibility index (Phi) is 4.52. The molecule has 1 saturated heterocycles. The summed E-state index contributed by atoms with van der Waals surface area (Å²) >= 11 is 0. The minimum Gasteiger partial charge on any atom is -0.480 e. The van der Waals surface area contributed by atoms with Crippen LogP contribution in [0.4, 0.5) is 4.79 Å². The molecule has 2 N–H and O–H groups in total. The van der Waals surface area contributed by atoms with E-state index in [4.69, 9.17) is 4.74 Å². The molecular weight excluding hydrogens is 260 g/mol. The van der Waals surface area contributed by atoms with Gasteiger partial charge in [0.15, 0.2) is 0 Å². The van der Waals surface area contributed by atoms with Crippen molar-refractivity contribution in [2.45, 2.75) is 50.7 Å². The number of urea groups is 1. The number of hydrogen-bond donors (Lipinski definition) is 2. The number of likely N-dealkylation sites (tertiary alicyclic amines) is 1. The molecule has 0 radical (unpaired) electrons. The summed E-state index contributed by atoms with van der Waals surface area (Å²) in [6.07, 6.45) is 3.76. The van der Waals surface area contributed by atoms with Gasteiger partial charge in [0.2, 0.25) is 0 Å². The zero-order chi connectivity index (χ0) is 14.8. The molecule has 1 heterocycles. The van der Waals surface area contributed by atoms with Gasteiger partial charge in [0, 0.05) is 20.2 Å². The second-order valence-corrected chi connectivity index (χ2v) is 6.11. The summed E-state index contributed by atoms with van der Waals surface area (Å²) < 4.78 is 5.23. The van der Waals surface area contributed by atoms with Crippen LogP contribution in [-0.4, -0.2) is 53.8 Å². The normalized spacial score (nSPS) is 34.0. The predicted molar refractivity (Wildman–Crippen MR) is 73.5 cm³/mol. The van der Waals surface area contributed by atoms with E-state index in [0.717, 1.165) is 19.3 Å². The Morgan fingerprint density at radius 1 is 1.40 bits per heavy atom. The molecule has 0 spiro atoms. The Balaban J connectivity index is 2.01. The largest absolute Gasteiger partial charge is 0.480 e. The first-order chi connectivity index (χ1) is 9.47. The van der Waals surface area contributed by atoms with Crippen molar-refractivity contribution in [2.24, 2.45) is 5.92 Å². The standard InChI is InChI=1S/C14H24N2O4/c1-10-4-3-6-14(8-10,12(17)18)15-13(19)16-7-5-11(9-16)20-2/h10-11H,3-9H2,1-2H3,(H,15,19)(H,17,18). The lowest BCUT2D eigenvalue weighted by Crippen LogP contribution is -2.59. The average Bonchev–Trinajstić information content (AvgIpc) is 2.87. The van der Waals surface area contributed by atoms with Gasteiger partial charge >= 0.3 is 12.0 Å². The summed E-state index contributed by atoms with van der Waals surface area (Å²) in [5.74, 6) is -0.592. The van der Waals surface area contributed by atoms with Crippen LogP contribution >= 0.6 is 0 Å². The maximum atomic E-state index is 12.3. The van der Waals surface area contributed by atoms with Gasteiger partial charge in [0.05, 0.1) is 6.10 Å². The molecule has 2 rings (SSSR count). The zero-order valence-electron chi connectivity index (χ0n) is 12.2. The minimum absolute atomic E-state index is 0.0619. The molecule has 2 amide bonds. The Bertz CT molecular complexity index is 387. The number of nitrogens with zero attached hydrogens (tertiary/aromatic N) is 1. The SMILES string of the molecule is COC1CCN(C(=O)NC2(C(=O)O)CCCC(C)C2)C1. The number of carbonyl (C=O) groups excluding carboxylic acids is 1. The second-order valence-electron chi connectivity index (χ2n) is 6.11. The van der Waals surface area contributed by atoms with Gasteiger partial charge in [0.25, 0.3) is 0 Å². The van der Waals surface area contributed by atoms with Crippen LogP contribution in [0.15, 0.2) is 0 Å². The monoisotopic (exact) mass is 284 g/mol. The van der Waals surface area contributed by atoms with Gasteiger partial charge in [-0.15, -0.1) is 0 Å². The number of ether oxygens (including phenoxy) is 1. The van der Waals surface area contributed by atoms with Crippen molar-refractivity contribution in [1.29, 1.82) is 0 Å². The number of carbonyl (C=O) groups is 2. The lowest BCUT2D eigenvalue weighted by molar-refractivity contribution is -0.146. The first-order valence-corrected chi connectivity index (χ1v) is 7.30. The summed E-state index contributed by atoms with van der Waals surface area (Å²) in [5.41, 5.74) is -1.10. The number of hydrogen-bond acceptors (Lipinski definition) is 3. The third kappa shape index (κ3) is 3.06. The van der Waals surface area contributed by atoms with E-state index in [2.05, 4.69) is 5.32 Å². The summed E-state index contributed by atoms with van der Waals surface area (Å²) in [4.78, 5) is 25.6. The van der Waals surface area contributed by atoms with E-state index in [1.54, 1.807) is 12.0 Å². The number of methoxy groups -OCH3 is 1. The molecule has 0 aromatic heterocycles. The van der Waals surface area contributed by atoms with E-state index in [-0.39, 0.29) is 12.1 Å². The second kappa shape index (κ2) is 5.99. The number of amides is 2. The number of rotatable bonds is 3. The topological polar surface area (TPSA) is 78.9 Å². The fraction of sp³-hybridized carbons (Fsp3) is 0.857. The van der Waals surface area contributed by atoms with Crippen molar-refractivity contribution in [3.63, 3.8) is 0 Å². The van der Waals surface area contributed by atoms with Crippen LogP contribution in [0.5, 0.6) is 0 Å². The van der Waals surface area contributed by atoms with Gasteiger partial charge in [-0.05, 0) is 25.2 Å². The van der Waals surface area contributed by atoms with Crippen LogP contribution < -0.4 is 5.32 Å². The van der Waals surface area contributed by atoms with Crippen LogP contribution in [0.2, 0.25) is 0 Å². The Morgan fingerprint density at radius 2 is 2.15 bits per heavy atom. The molecule has 2 fully saturated rings. The molecule has 1 aliphatic carbocycles. The van der Waals surface area contributed by atoms with E-state index >= 15 is 0 Å². The van der Waals surface area contributed by atoms with E-state index < -0.39 is 11.5 Å². The van der Waals surface area contributed by atoms with Crippen molar-refractivity contribution in [2.75, 3.05) is 20.2 Å². The van der Waals surface area contributed by atoms with Gasteiger partial charge in [-0.25, -0.2) is 9.59 Å². The van der Waals surface area contributed by atoms with Crippen LogP contribution in [0.3, 0.4) is 0 Å². The van der Waals surface area contributed by atoms with Crippen molar-refractivity contribution in [3.05, 3.63) is 0 Å². The van der Waals surface area contributed by atoms with Crippen LogP contribution in [-0.2, 0) is 9.53 Å². The van der Waals surface area contributed by atoms with Gasteiger partial charge < -0.3 is 20.1 Å². The van der Waals surface area contributed by atoms with Crippen molar-refractivity contribution >= 4 is 12.0 Å². The molecule has 20 heavy (non-hydrogen) atoms. The smallest absolute Gasteiger partial charge is 0.329 e. The van der Waals surface area contributed by atoms with Crippen molar-refractivity contribution in [3.8, 4) is 0 Å². The number of carboxylic acid groups (broad SMARTS) is 1. The van der Waals surface area contributed by atoms with Crippen molar-refractivity contribution in [1.82, 2.24) is 10.2 Å². The lowest BCUT2D eigenvalue weighted by Gasteiger charge is -2.38. The maximum absolute atomic E-state index is 12.3. The zero-order valence-corrected chi connectivity index (χ0v) is 12.2. The van der Waals surface area contributed by atoms with Gasteiger partial charge in [-0.2, -0.15) is 0 Å². The number of aliphatic carboxylic acids is 1. The van der Waals surface area contributed by atoms with Crippen molar-refractivity contribution < 1.29 is 19.4 Å². The quantitative estimate of drug-likeness (QED) is 0.822. The molecule has 1 aliphatic heterocycles. The third-order valence-electron chi connectivity index (χ3n) is 4.52. The molecule has 2 aliphatic rings. The molecule has 1 saturated carbocycles. The maximum Gasteiger partial charge on any atom is 0.329 e. The molecule has 0 aromatic carbocycles. The van der Waals surface area contributed by atoms with Crippen LogP contribution in [0.25, 0.3) is 0 Å². The van der Waals surface area contributed by atoms with Crippen LogP contribution in [0.1, 0.15) is 39.0 Å². The highest BCUT2D eigenvalue weighted by Gasteiger charge is 2.44. The Labute approximate surface area is 119 Å². The first kappa shape index (κ1) is 15.1. The summed E-state index contributed by atoms with van der Waals surface area (Å²) in [7, 11) is 1.63. The molecule has 0 aromatic rings. The minimum atomic E-state index is -1.10. The number of carboxylic acids is 1. The van der Waals surface area contributed by atoms with Gasteiger partial charge in [-0.1, -0.05) is 19.8 Å². The third-order valence-corrected chi connectivity index (χ3v) is 4.52. The van der Waals surface area contributed by atoms with E-state index in [1.165, 1.54) is 0 Å². The average molecular weight is 284 g/mol. The first-order valence-electron chi connectivity index (χ1n) is 7.30. The molecule has 6 heteroatoms. The molecule has 3 atom stereocenters. The van der Waals surface area contributed by atoms with E-state index in [1.807, 2.05) is 6.92 Å². The van der Waals surface area contributed by atoms with E-state index in [0.29, 0.717) is 31.8 Å². The summed E-state index contributed by atoms with van der Waals surface area (Å²) in [5, 5.41) is 12.3. The fourth-order valence-corrected chi connectivity index (χ4v) is 3.30. The molecule has 3 unspecified atom stereocenters. The fourth-order valence-electron chi connectivity index (χ4n) is 3.30. The molecular formula is C14H24N2O4. The summed E-state index contributed by atoms with van der Waals surface area (Å²) in [6.45, 7) is 3.20. The molecule has 114 valence electrons. The Morgan fingerprint density at radius 3 is 2.70 bits per heavy atom.